The van der Waals surface area contributed by atoms with Crippen molar-refractivity contribution < 1.29 is 9.53 Å². The van der Waals surface area contributed by atoms with Gasteiger partial charge in [0.15, 0.2) is 11.0 Å². The van der Waals surface area contributed by atoms with Crippen molar-refractivity contribution in [3.63, 3.8) is 0 Å². The molecule has 1 aromatic heterocycles. The molecule has 0 saturated heterocycles. The minimum absolute atomic E-state index is 0.0841. The van der Waals surface area contributed by atoms with Crippen LogP contribution >= 0.6 is 46.6 Å². The second-order valence-electron chi connectivity index (χ2n) is 7.86. The molecule has 1 heterocycles. The van der Waals surface area contributed by atoms with Gasteiger partial charge in [-0.15, -0.1) is 16.8 Å². The molecule has 0 radical (unpaired) electrons. The Morgan fingerprint density at radius 3 is 2.56 bits per heavy atom. The number of rotatable bonds is 10. The lowest BCUT2D eigenvalue weighted by molar-refractivity contribution is -0.113. The van der Waals surface area contributed by atoms with E-state index in [9.17, 15) is 4.79 Å². The van der Waals surface area contributed by atoms with Crippen LogP contribution in [0.4, 0.5) is 5.69 Å². The van der Waals surface area contributed by atoms with E-state index in [-0.39, 0.29) is 28.3 Å². The molecule has 0 aliphatic heterocycles. The van der Waals surface area contributed by atoms with Gasteiger partial charge in [0.05, 0.1) is 21.5 Å². The first-order valence-electron chi connectivity index (χ1n) is 10.5. The molecule has 0 aliphatic carbocycles. The molecule has 0 saturated carbocycles. The van der Waals surface area contributed by atoms with Crippen LogP contribution in [0.3, 0.4) is 0 Å². The molecule has 0 aliphatic rings. The number of carbonyl (C=O) groups excluding carboxylic acids is 1. The third kappa shape index (κ3) is 6.69. The fourth-order valence-electron chi connectivity index (χ4n) is 3.20. The highest BCUT2D eigenvalue weighted by atomic mass is 35.5. The molecule has 0 bridgehead atoms. The summed E-state index contributed by atoms with van der Waals surface area (Å²) in [5, 5.41) is 12.7. The Bertz CT molecular complexity index is 1170. The maximum Gasteiger partial charge on any atom is 0.234 e. The quantitative estimate of drug-likeness (QED) is 0.218. The molecule has 0 spiro atoms. The summed E-state index contributed by atoms with van der Waals surface area (Å²) in [6.07, 6.45) is 1.75. The Balaban J connectivity index is 1.69. The van der Waals surface area contributed by atoms with Crippen LogP contribution in [0.15, 0.2) is 48.1 Å². The third-order valence-electron chi connectivity index (χ3n) is 4.86. The summed E-state index contributed by atoms with van der Waals surface area (Å²) in [5.41, 5.74) is 2.57. The van der Waals surface area contributed by atoms with Gasteiger partial charge in [-0.1, -0.05) is 78.6 Å². The number of nitrogens with one attached hydrogen (secondary N) is 1. The number of hydrogen-bond acceptors (Lipinski definition) is 5. The number of thioether (sulfide) groups is 1. The number of amides is 1. The van der Waals surface area contributed by atoms with Crippen molar-refractivity contribution in [2.75, 3.05) is 11.1 Å². The number of nitrogens with zero attached hydrogens (tertiary/aromatic N) is 3. The lowest BCUT2D eigenvalue weighted by Gasteiger charge is -2.15. The maximum absolute atomic E-state index is 12.5. The summed E-state index contributed by atoms with van der Waals surface area (Å²) in [7, 11) is 0. The van der Waals surface area contributed by atoms with E-state index in [1.807, 2.05) is 17.6 Å². The SMILES string of the molecule is C=CCn1c(COc2cc(C)ccc2C(C)C)nnc1SCC(=O)Nc1c(Cl)cc(Cl)cc1Cl. The standard InChI is InChI=1S/C24H25Cl3N4O2S/c1-5-8-31-21(12-33-20-9-15(4)6-7-17(20)14(2)3)29-30-24(31)34-13-22(32)28-23-18(26)10-16(25)11-19(23)27/h5-7,9-11,14H,1,8,12-13H2,2-4H3,(H,28,32). The highest BCUT2D eigenvalue weighted by Crippen LogP contribution is 2.34. The third-order valence-corrected chi connectivity index (χ3v) is 6.64. The predicted octanol–water partition coefficient (Wildman–Crippen LogP) is 7.17. The van der Waals surface area contributed by atoms with E-state index in [1.165, 1.54) is 23.9 Å². The lowest BCUT2D eigenvalue weighted by Crippen LogP contribution is -2.15. The van der Waals surface area contributed by atoms with Gasteiger partial charge in [0.25, 0.3) is 0 Å². The van der Waals surface area contributed by atoms with E-state index in [0.717, 1.165) is 16.9 Å². The minimum atomic E-state index is -0.289. The maximum atomic E-state index is 12.5. The van der Waals surface area contributed by atoms with Gasteiger partial charge in [-0.3, -0.25) is 9.36 Å². The molecule has 0 fully saturated rings. The highest BCUT2D eigenvalue weighted by Gasteiger charge is 2.17. The molecule has 0 unspecified atom stereocenters. The van der Waals surface area contributed by atoms with Crippen LogP contribution < -0.4 is 10.1 Å². The zero-order valence-corrected chi connectivity index (χ0v) is 22.2. The van der Waals surface area contributed by atoms with Gasteiger partial charge in [0.1, 0.15) is 12.4 Å². The van der Waals surface area contributed by atoms with Crippen LogP contribution in [0.1, 0.15) is 36.7 Å². The first-order chi connectivity index (χ1) is 16.2. The molecule has 10 heteroatoms. The molecule has 2 aromatic carbocycles. The van der Waals surface area contributed by atoms with Crippen molar-refractivity contribution in [2.24, 2.45) is 0 Å². The fraction of sp³-hybridized carbons (Fsp3) is 0.292. The Morgan fingerprint density at radius 1 is 1.21 bits per heavy atom. The average molecular weight is 540 g/mol. The number of hydrogen-bond donors (Lipinski definition) is 1. The zero-order valence-electron chi connectivity index (χ0n) is 19.1. The van der Waals surface area contributed by atoms with Gasteiger partial charge < -0.3 is 10.1 Å². The summed E-state index contributed by atoms with van der Waals surface area (Å²) >= 11 is 19.5. The summed E-state index contributed by atoms with van der Waals surface area (Å²) in [6.45, 7) is 10.8. The summed E-state index contributed by atoms with van der Waals surface area (Å²) in [4.78, 5) is 12.5. The van der Waals surface area contributed by atoms with Crippen LogP contribution in [-0.2, 0) is 17.9 Å². The normalized spacial score (nSPS) is 11.0. The van der Waals surface area contributed by atoms with Crippen LogP contribution in [0.5, 0.6) is 5.75 Å². The van der Waals surface area contributed by atoms with E-state index < -0.39 is 0 Å². The van der Waals surface area contributed by atoms with E-state index in [1.54, 1.807) is 6.08 Å². The van der Waals surface area contributed by atoms with Gasteiger partial charge in [-0.25, -0.2) is 0 Å². The van der Waals surface area contributed by atoms with E-state index in [2.05, 4.69) is 48.1 Å². The number of aromatic nitrogens is 3. The molecule has 3 rings (SSSR count). The number of benzene rings is 2. The van der Waals surface area contributed by atoms with Crippen molar-refractivity contribution in [3.05, 3.63) is 75.0 Å². The predicted molar refractivity (Wildman–Crippen MR) is 141 cm³/mol. The van der Waals surface area contributed by atoms with Crippen molar-refractivity contribution in [3.8, 4) is 5.75 Å². The van der Waals surface area contributed by atoms with Crippen molar-refractivity contribution in [1.29, 1.82) is 0 Å². The summed E-state index contributed by atoms with van der Waals surface area (Å²) in [5.74, 6) is 1.59. The number of ether oxygens (including phenoxy) is 1. The Morgan fingerprint density at radius 2 is 1.91 bits per heavy atom. The van der Waals surface area contributed by atoms with Gasteiger partial charge in [-0.2, -0.15) is 0 Å². The largest absolute Gasteiger partial charge is 0.485 e. The molecular formula is C24H25Cl3N4O2S. The van der Waals surface area contributed by atoms with Crippen LogP contribution in [0, 0.1) is 6.92 Å². The number of allylic oxidation sites excluding steroid dienone is 1. The van der Waals surface area contributed by atoms with Crippen molar-refractivity contribution in [1.82, 2.24) is 14.8 Å². The summed E-state index contributed by atoms with van der Waals surface area (Å²) in [6, 6.07) is 9.22. The second kappa shape index (κ2) is 12.0. The minimum Gasteiger partial charge on any atom is -0.485 e. The Kier molecular flexibility index (Phi) is 9.31. The zero-order chi connectivity index (χ0) is 24.8. The first kappa shape index (κ1) is 26.4. The summed E-state index contributed by atoms with van der Waals surface area (Å²) < 4.78 is 7.99. The van der Waals surface area contributed by atoms with E-state index in [4.69, 9.17) is 39.5 Å². The Hall–Kier alpha value is -2.19. The van der Waals surface area contributed by atoms with Gasteiger partial charge >= 0.3 is 0 Å². The molecule has 0 atom stereocenters. The second-order valence-corrected chi connectivity index (χ2v) is 10.1. The van der Waals surface area contributed by atoms with E-state index >= 15 is 0 Å². The van der Waals surface area contributed by atoms with Gasteiger partial charge in [-0.05, 0) is 42.2 Å². The van der Waals surface area contributed by atoms with Crippen molar-refractivity contribution in [2.45, 2.75) is 45.0 Å². The fourth-order valence-corrected chi connectivity index (χ4v) is 4.88. The number of anilines is 1. The smallest absolute Gasteiger partial charge is 0.234 e. The van der Waals surface area contributed by atoms with Gasteiger partial charge in [0.2, 0.25) is 5.91 Å². The number of aryl methyl sites for hydroxylation is 1. The van der Waals surface area contributed by atoms with Crippen LogP contribution in [-0.4, -0.2) is 26.4 Å². The molecule has 34 heavy (non-hydrogen) atoms. The number of carbonyl (C=O) groups is 1. The number of halogens is 3. The Labute approximate surface area is 218 Å². The molecule has 6 nitrogen and oxygen atoms in total. The first-order valence-corrected chi connectivity index (χ1v) is 12.6. The highest BCUT2D eigenvalue weighted by molar-refractivity contribution is 7.99. The topological polar surface area (TPSA) is 69.0 Å². The van der Waals surface area contributed by atoms with Crippen molar-refractivity contribution >= 4 is 58.2 Å². The van der Waals surface area contributed by atoms with Crippen LogP contribution in [0.2, 0.25) is 15.1 Å². The lowest BCUT2D eigenvalue weighted by atomic mass is 10.0. The molecular weight excluding hydrogens is 515 g/mol. The molecule has 1 amide bonds. The van der Waals surface area contributed by atoms with Crippen LogP contribution in [0.25, 0.3) is 0 Å². The van der Waals surface area contributed by atoms with E-state index in [0.29, 0.717) is 34.2 Å². The monoisotopic (exact) mass is 538 g/mol. The molecule has 180 valence electrons. The molecule has 1 N–H and O–H groups in total. The van der Waals surface area contributed by atoms with Gasteiger partial charge in [0, 0.05) is 11.6 Å². The average Bonchev–Trinajstić information content (AvgIpc) is 3.15. The molecule has 3 aromatic rings.